The van der Waals surface area contributed by atoms with Crippen LogP contribution in [0.2, 0.25) is 0 Å². The molecule has 2 nitrogen and oxygen atoms in total. The molecule has 0 aromatic carbocycles. The van der Waals surface area contributed by atoms with Crippen molar-refractivity contribution in [3.63, 3.8) is 0 Å². The van der Waals surface area contributed by atoms with Gasteiger partial charge >= 0.3 is 0 Å². The predicted octanol–water partition coefficient (Wildman–Crippen LogP) is 1.67. The van der Waals surface area contributed by atoms with Crippen molar-refractivity contribution in [2.75, 3.05) is 6.61 Å². The molecule has 2 heteroatoms. The summed E-state index contributed by atoms with van der Waals surface area (Å²) in [6.45, 7) is 4.70. The lowest BCUT2D eigenvalue weighted by Crippen LogP contribution is -2.18. The van der Waals surface area contributed by atoms with Crippen LogP contribution < -0.4 is 0 Å². The van der Waals surface area contributed by atoms with Gasteiger partial charge in [0, 0.05) is 6.42 Å². The Balaban J connectivity index is 2.51. The molecule has 52 valence electrons. The molecule has 0 saturated carbocycles. The van der Waals surface area contributed by atoms with Crippen LogP contribution in [0.3, 0.4) is 0 Å². The van der Waals surface area contributed by atoms with Crippen molar-refractivity contribution < 1.29 is 9.78 Å². The molecule has 0 spiro atoms. The van der Waals surface area contributed by atoms with Gasteiger partial charge in [0.25, 0.3) is 0 Å². The Morgan fingerprint density at radius 1 is 1.56 bits per heavy atom. The summed E-state index contributed by atoms with van der Waals surface area (Å²) in [6, 6.07) is 0. The van der Waals surface area contributed by atoms with Gasteiger partial charge < -0.3 is 0 Å². The van der Waals surface area contributed by atoms with E-state index in [1.807, 2.05) is 26.0 Å². The van der Waals surface area contributed by atoms with Gasteiger partial charge in [0.15, 0.2) is 0 Å². The molecule has 1 rings (SSSR count). The minimum Gasteiger partial charge on any atom is -0.236 e. The minimum absolute atomic E-state index is 0.158. The van der Waals surface area contributed by atoms with E-state index in [0.29, 0.717) is 6.61 Å². The van der Waals surface area contributed by atoms with Gasteiger partial charge in [-0.15, -0.1) is 0 Å². The zero-order valence-electron chi connectivity index (χ0n) is 5.89. The maximum absolute atomic E-state index is 4.99. The van der Waals surface area contributed by atoms with E-state index in [4.69, 9.17) is 9.78 Å². The summed E-state index contributed by atoms with van der Waals surface area (Å²) >= 11 is 0. The minimum atomic E-state index is -0.158. The molecule has 9 heavy (non-hydrogen) atoms. The molecule has 0 radical (unpaired) electrons. The fourth-order valence-electron chi connectivity index (χ4n) is 0.926. The van der Waals surface area contributed by atoms with E-state index in [1.165, 1.54) is 0 Å². The molecular weight excluding hydrogens is 116 g/mol. The van der Waals surface area contributed by atoms with Gasteiger partial charge in [0.1, 0.15) is 5.60 Å². The Bertz CT molecular complexity index is 112. The van der Waals surface area contributed by atoms with E-state index in [9.17, 15) is 0 Å². The van der Waals surface area contributed by atoms with E-state index in [-0.39, 0.29) is 5.60 Å². The fraction of sp³-hybridized carbons (Fsp3) is 0.714. The molecule has 0 N–H and O–H groups in total. The van der Waals surface area contributed by atoms with Crippen molar-refractivity contribution in [3.05, 3.63) is 12.2 Å². The van der Waals surface area contributed by atoms with E-state index >= 15 is 0 Å². The number of hydrogen-bond acceptors (Lipinski definition) is 2. The summed E-state index contributed by atoms with van der Waals surface area (Å²) < 4.78 is 0. The van der Waals surface area contributed by atoms with Crippen LogP contribution in [0.15, 0.2) is 12.2 Å². The molecule has 1 saturated heterocycles. The van der Waals surface area contributed by atoms with E-state index in [0.717, 1.165) is 6.42 Å². The largest absolute Gasteiger partial charge is 0.236 e. The molecule has 1 atom stereocenters. The van der Waals surface area contributed by atoms with Crippen molar-refractivity contribution in [3.8, 4) is 0 Å². The molecule has 0 aromatic heterocycles. The van der Waals surface area contributed by atoms with Crippen LogP contribution in [0.25, 0.3) is 0 Å². The Morgan fingerprint density at radius 2 is 2.33 bits per heavy atom. The zero-order valence-corrected chi connectivity index (χ0v) is 5.89. The van der Waals surface area contributed by atoms with Gasteiger partial charge in [-0.3, -0.25) is 0 Å². The van der Waals surface area contributed by atoms with E-state index in [2.05, 4.69) is 0 Å². The maximum Gasteiger partial charge on any atom is 0.121 e. The first-order valence-electron chi connectivity index (χ1n) is 3.21. The molecule has 1 aliphatic heterocycles. The van der Waals surface area contributed by atoms with Crippen LogP contribution >= 0.6 is 0 Å². The Kier molecular flexibility index (Phi) is 1.88. The highest BCUT2D eigenvalue weighted by molar-refractivity contribution is 4.98. The Labute approximate surface area is 55.4 Å². The molecule has 1 fully saturated rings. The highest BCUT2D eigenvalue weighted by atomic mass is 17.2. The Morgan fingerprint density at radius 3 is 2.78 bits per heavy atom. The summed E-state index contributed by atoms with van der Waals surface area (Å²) in [4.78, 5) is 9.76. The SMILES string of the molecule is C/C=C/C1(C)CCOO1. The summed E-state index contributed by atoms with van der Waals surface area (Å²) in [5.74, 6) is 0. The molecule has 0 amide bonds. The maximum atomic E-state index is 4.99. The molecule has 0 aliphatic carbocycles. The first kappa shape index (κ1) is 6.78. The third-order valence-corrected chi connectivity index (χ3v) is 1.45. The predicted molar refractivity (Wildman–Crippen MR) is 34.9 cm³/mol. The first-order chi connectivity index (χ1) is 4.27. The van der Waals surface area contributed by atoms with Gasteiger partial charge in [0.05, 0.1) is 6.61 Å². The number of hydrogen-bond donors (Lipinski definition) is 0. The smallest absolute Gasteiger partial charge is 0.121 e. The van der Waals surface area contributed by atoms with Crippen molar-refractivity contribution in [1.29, 1.82) is 0 Å². The van der Waals surface area contributed by atoms with Crippen molar-refractivity contribution in [2.24, 2.45) is 0 Å². The summed E-state index contributed by atoms with van der Waals surface area (Å²) in [5.41, 5.74) is -0.158. The molecule has 0 aromatic rings. The monoisotopic (exact) mass is 128 g/mol. The normalized spacial score (nSPS) is 36.2. The second-order valence-corrected chi connectivity index (χ2v) is 2.47. The lowest BCUT2D eigenvalue weighted by atomic mass is 10.0. The second-order valence-electron chi connectivity index (χ2n) is 2.47. The average molecular weight is 128 g/mol. The average Bonchev–Trinajstić information content (AvgIpc) is 2.16. The van der Waals surface area contributed by atoms with Crippen LogP contribution in [0.4, 0.5) is 0 Å². The van der Waals surface area contributed by atoms with Crippen LogP contribution in [-0.2, 0) is 9.78 Å². The van der Waals surface area contributed by atoms with Gasteiger partial charge in [-0.25, -0.2) is 9.78 Å². The lowest BCUT2D eigenvalue weighted by Gasteiger charge is -2.13. The highest BCUT2D eigenvalue weighted by Crippen LogP contribution is 2.23. The second kappa shape index (κ2) is 2.50. The topological polar surface area (TPSA) is 18.5 Å². The summed E-state index contributed by atoms with van der Waals surface area (Å²) in [5, 5.41) is 0. The van der Waals surface area contributed by atoms with Gasteiger partial charge in [-0.1, -0.05) is 12.2 Å². The van der Waals surface area contributed by atoms with Gasteiger partial charge in [-0.05, 0) is 13.8 Å². The van der Waals surface area contributed by atoms with Crippen molar-refractivity contribution >= 4 is 0 Å². The molecule has 1 unspecified atom stereocenters. The Hall–Kier alpha value is -0.340. The van der Waals surface area contributed by atoms with Crippen molar-refractivity contribution in [1.82, 2.24) is 0 Å². The standard InChI is InChI=1S/C7H12O2/c1-3-4-7(2)5-6-8-9-7/h3-4H,5-6H2,1-2H3/b4-3+. The molecule has 0 bridgehead atoms. The molecule has 1 heterocycles. The van der Waals surface area contributed by atoms with E-state index in [1.54, 1.807) is 0 Å². The summed E-state index contributed by atoms with van der Waals surface area (Å²) in [7, 11) is 0. The number of allylic oxidation sites excluding steroid dienone is 1. The summed E-state index contributed by atoms with van der Waals surface area (Å²) in [6.07, 6.45) is 4.95. The molecular formula is C7H12O2. The molecule has 1 aliphatic rings. The highest BCUT2D eigenvalue weighted by Gasteiger charge is 2.28. The third kappa shape index (κ3) is 1.53. The van der Waals surface area contributed by atoms with Gasteiger partial charge in [0.2, 0.25) is 0 Å². The van der Waals surface area contributed by atoms with Crippen LogP contribution in [0.5, 0.6) is 0 Å². The van der Waals surface area contributed by atoms with Crippen molar-refractivity contribution in [2.45, 2.75) is 25.9 Å². The fourth-order valence-corrected chi connectivity index (χ4v) is 0.926. The van der Waals surface area contributed by atoms with Crippen LogP contribution in [-0.4, -0.2) is 12.2 Å². The third-order valence-electron chi connectivity index (χ3n) is 1.45. The quantitative estimate of drug-likeness (QED) is 0.395. The zero-order chi connectivity index (χ0) is 6.74. The lowest BCUT2D eigenvalue weighted by molar-refractivity contribution is -0.292. The van der Waals surface area contributed by atoms with Crippen LogP contribution in [0, 0.1) is 0 Å². The van der Waals surface area contributed by atoms with Gasteiger partial charge in [-0.2, -0.15) is 0 Å². The number of rotatable bonds is 1. The first-order valence-corrected chi connectivity index (χ1v) is 3.21. The van der Waals surface area contributed by atoms with Crippen LogP contribution in [0.1, 0.15) is 20.3 Å². The van der Waals surface area contributed by atoms with E-state index < -0.39 is 0 Å².